The number of methoxy groups -OCH3 is 1. The second kappa shape index (κ2) is 13.2. The molecule has 0 saturated carbocycles. The normalized spacial score (nSPS) is 11.7. The molecule has 0 unspecified atom stereocenters. The summed E-state index contributed by atoms with van der Waals surface area (Å²) in [6.45, 7) is 8.66. The SMILES string of the molecule is CCCCc1cnnn1Cc1ccc(-c2ncccc2S(=O)(=O)N(COC)c2onc(C)c2C)c(COCC)c1. The Morgan fingerprint density at radius 2 is 1.98 bits per heavy atom. The van der Waals surface area contributed by atoms with Crippen molar-refractivity contribution >= 4 is 15.9 Å². The minimum Gasteiger partial charge on any atom is -0.377 e. The number of pyridine rings is 1. The highest BCUT2D eigenvalue weighted by Gasteiger charge is 2.33. The largest absolute Gasteiger partial charge is 0.377 e. The van der Waals surface area contributed by atoms with Gasteiger partial charge in [-0.1, -0.05) is 41.9 Å². The third kappa shape index (κ3) is 6.24. The van der Waals surface area contributed by atoms with Crippen molar-refractivity contribution in [3.8, 4) is 11.3 Å². The number of aryl methyl sites for hydroxylation is 2. The first-order valence-electron chi connectivity index (χ1n) is 13.3. The van der Waals surface area contributed by atoms with E-state index in [1.54, 1.807) is 32.3 Å². The molecule has 0 fully saturated rings. The van der Waals surface area contributed by atoms with Gasteiger partial charge in [-0.3, -0.25) is 4.98 Å². The first-order chi connectivity index (χ1) is 19.3. The molecule has 0 aliphatic carbocycles. The van der Waals surface area contributed by atoms with Crippen LogP contribution in [0.4, 0.5) is 5.88 Å². The third-order valence-corrected chi connectivity index (χ3v) is 8.38. The Balaban J connectivity index is 1.77. The summed E-state index contributed by atoms with van der Waals surface area (Å²) in [7, 11) is -2.73. The summed E-state index contributed by atoms with van der Waals surface area (Å²) in [6, 6.07) is 8.99. The van der Waals surface area contributed by atoms with Crippen molar-refractivity contribution in [1.29, 1.82) is 0 Å². The second-order valence-corrected chi connectivity index (χ2v) is 11.3. The van der Waals surface area contributed by atoms with Crippen LogP contribution in [-0.2, 0) is 39.1 Å². The van der Waals surface area contributed by atoms with Gasteiger partial charge in [0.15, 0.2) is 0 Å². The molecule has 0 radical (unpaired) electrons. The van der Waals surface area contributed by atoms with Gasteiger partial charge in [0.2, 0.25) is 5.88 Å². The molecule has 3 heterocycles. The number of benzene rings is 1. The molecule has 0 N–H and O–H groups in total. The number of anilines is 1. The molecule has 4 aromatic rings. The monoisotopic (exact) mass is 568 g/mol. The van der Waals surface area contributed by atoms with Crippen LogP contribution in [0.3, 0.4) is 0 Å². The van der Waals surface area contributed by atoms with Crippen LogP contribution >= 0.6 is 0 Å². The summed E-state index contributed by atoms with van der Waals surface area (Å²) in [5, 5.41) is 12.3. The van der Waals surface area contributed by atoms with E-state index in [9.17, 15) is 8.42 Å². The van der Waals surface area contributed by atoms with Crippen LogP contribution in [0.25, 0.3) is 11.3 Å². The highest BCUT2D eigenvalue weighted by atomic mass is 32.2. The van der Waals surface area contributed by atoms with Crippen molar-refractivity contribution in [3.63, 3.8) is 0 Å². The lowest BCUT2D eigenvalue weighted by atomic mass is 10.0. The maximum Gasteiger partial charge on any atom is 0.270 e. The highest BCUT2D eigenvalue weighted by molar-refractivity contribution is 7.93. The number of sulfonamides is 1. The summed E-state index contributed by atoms with van der Waals surface area (Å²) in [6.07, 6.45) is 6.44. The van der Waals surface area contributed by atoms with Gasteiger partial charge in [-0.15, -0.1) is 5.10 Å². The number of hydrogen-bond donors (Lipinski definition) is 0. The zero-order valence-electron chi connectivity index (χ0n) is 23.6. The van der Waals surface area contributed by atoms with E-state index in [0.29, 0.717) is 35.7 Å². The van der Waals surface area contributed by atoms with Crippen LogP contribution in [0.1, 0.15) is 54.8 Å². The summed E-state index contributed by atoms with van der Waals surface area (Å²) >= 11 is 0. The summed E-state index contributed by atoms with van der Waals surface area (Å²) < 4.78 is 47.6. The van der Waals surface area contributed by atoms with Gasteiger partial charge in [0.25, 0.3) is 10.0 Å². The van der Waals surface area contributed by atoms with Gasteiger partial charge in [0.1, 0.15) is 11.6 Å². The van der Waals surface area contributed by atoms with E-state index in [0.717, 1.165) is 40.4 Å². The average molecular weight is 569 g/mol. The quantitative estimate of drug-likeness (QED) is 0.199. The highest BCUT2D eigenvalue weighted by Crippen LogP contribution is 2.34. The molecule has 12 heteroatoms. The Kier molecular flexibility index (Phi) is 9.67. The van der Waals surface area contributed by atoms with Crippen LogP contribution in [0.5, 0.6) is 0 Å². The maximum atomic E-state index is 14.1. The average Bonchev–Trinajstić information content (AvgIpc) is 3.54. The minimum absolute atomic E-state index is 0.0177. The number of aromatic nitrogens is 5. The molecule has 3 aromatic heterocycles. The maximum absolute atomic E-state index is 14.1. The lowest BCUT2D eigenvalue weighted by molar-refractivity contribution is 0.134. The number of rotatable bonds is 14. The number of nitrogens with zero attached hydrogens (tertiary/aromatic N) is 6. The fourth-order valence-electron chi connectivity index (χ4n) is 4.35. The van der Waals surface area contributed by atoms with Crippen LogP contribution in [0, 0.1) is 13.8 Å². The number of hydrogen-bond acceptors (Lipinski definition) is 9. The molecule has 0 aliphatic heterocycles. The lowest BCUT2D eigenvalue weighted by Gasteiger charge is -2.23. The summed E-state index contributed by atoms with van der Waals surface area (Å²) in [5.74, 6) is 0.103. The summed E-state index contributed by atoms with van der Waals surface area (Å²) in [5.41, 5.74) is 5.06. The van der Waals surface area contributed by atoms with E-state index in [1.165, 1.54) is 13.2 Å². The van der Waals surface area contributed by atoms with E-state index in [1.807, 2.05) is 29.8 Å². The molecule has 4 rings (SSSR count). The van der Waals surface area contributed by atoms with Gasteiger partial charge in [-0.25, -0.2) is 17.4 Å². The Morgan fingerprint density at radius 1 is 1.15 bits per heavy atom. The van der Waals surface area contributed by atoms with Gasteiger partial charge < -0.3 is 14.0 Å². The molecule has 0 saturated heterocycles. The topological polar surface area (TPSA) is 125 Å². The molecule has 0 bridgehead atoms. The Hall–Kier alpha value is -3.61. The number of ether oxygens (including phenoxy) is 2. The Labute approximate surface area is 235 Å². The van der Waals surface area contributed by atoms with Crippen molar-refractivity contribution in [2.24, 2.45) is 0 Å². The molecular weight excluding hydrogens is 532 g/mol. The number of unbranched alkanes of at least 4 members (excludes halogenated alkanes) is 1. The van der Waals surface area contributed by atoms with Crippen molar-refractivity contribution in [3.05, 3.63) is 70.8 Å². The fraction of sp³-hybridized carbons (Fsp3) is 0.429. The van der Waals surface area contributed by atoms with Crippen LogP contribution in [0.15, 0.2) is 52.1 Å². The van der Waals surface area contributed by atoms with Crippen LogP contribution in [0.2, 0.25) is 0 Å². The standard InChI is InChI=1S/C28H36N6O5S/c1-6-8-10-24-16-30-32-33(24)17-22-12-13-25(23(15-22)18-38-7-2)27-26(11-9-14-29-27)40(35,36)34(19-37-5)28-20(3)21(4)31-39-28/h9,11-16H,6-8,10,17-19H2,1-5H3. The predicted octanol–water partition coefficient (Wildman–Crippen LogP) is 4.67. The van der Waals surface area contributed by atoms with Crippen LogP contribution < -0.4 is 4.31 Å². The first-order valence-corrected chi connectivity index (χ1v) is 14.7. The smallest absolute Gasteiger partial charge is 0.270 e. The molecule has 0 atom stereocenters. The van der Waals surface area contributed by atoms with E-state index < -0.39 is 10.0 Å². The van der Waals surface area contributed by atoms with Gasteiger partial charge in [-0.2, -0.15) is 0 Å². The Bertz CT molecular complexity index is 1530. The molecule has 11 nitrogen and oxygen atoms in total. The molecule has 0 spiro atoms. The summed E-state index contributed by atoms with van der Waals surface area (Å²) in [4.78, 5) is 4.54. The van der Waals surface area contributed by atoms with E-state index in [4.69, 9.17) is 14.0 Å². The van der Waals surface area contributed by atoms with E-state index in [2.05, 4.69) is 27.4 Å². The van der Waals surface area contributed by atoms with Crippen molar-refractivity contribution in [2.45, 2.75) is 65.0 Å². The second-order valence-electron chi connectivity index (χ2n) is 9.43. The van der Waals surface area contributed by atoms with Crippen molar-refractivity contribution in [1.82, 2.24) is 25.1 Å². The zero-order valence-corrected chi connectivity index (χ0v) is 24.4. The molecule has 0 amide bonds. The zero-order chi connectivity index (χ0) is 28.7. The predicted molar refractivity (Wildman–Crippen MR) is 150 cm³/mol. The van der Waals surface area contributed by atoms with E-state index in [-0.39, 0.29) is 24.1 Å². The Morgan fingerprint density at radius 3 is 2.67 bits per heavy atom. The fourth-order valence-corrected chi connectivity index (χ4v) is 5.88. The minimum atomic E-state index is -4.16. The van der Waals surface area contributed by atoms with Gasteiger partial charge >= 0.3 is 0 Å². The molecule has 1 aromatic carbocycles. The van der Waals surface area contributed by atoms with E-state index >= 15 is 0 Å². The van der Waals surface area contributed by atoms with Crippen molar-refractivity contribution < 1.29 is 22.4 Å². The third-order valence-electron chi connectivity index (χ3n) is 6.65. The van der Waals surface area contributed by atoms with Gasteiger partial charge in [0, 0.05) is 31.0 Å². The lowest BCUT2D eigenvalue weighted by Crippen LogP contribution is -2.33. The molecule has 214 valence electrons. The molecular formula is C28H36N6O5S. The van der Waals surface area contributed by atoms with Gasteiger partial charge in [-0.05, 0) is 56.9 Å². The van der Waals surface area contributed by atoms with Crippen molar-refractivity contribution in [2.75, 3.05) is 24.8 Å². The van der Waals surface area contributed by atoms with Gasteiger partial charge in [0.05, 0.1) is 36.4 Å². The first kappa shape index (κ1) is 29.4. The molecule has 40 heavy (non-hydrogen) atoms. The van der Waals surface area contributed by atoms with Crippen LogP contribution in [-0.4, -0.2) is 54.0 Å². The molecule has 0 aliphatic rings.